The summed E-state index contributed by atoms with van der Waals surface area (Å²) >= 11 is 12.1. The van der Waals surface area contributed by atoms with Crippen LogP contribution in [-0.4, -0.2) is 6.54 Å². The zero-order chi connectivity index (χ0) is 19.1. The van der Waals surface area contributed by atoms with Crippen LogP contribution in [0.3, 0.4) is 0 Å². The van der Waals surface area contributed by atoms with Crippen molar-refractivity contribution in [3.63, 3.8) is 0 Å². The molecule has 0 aliphatic carbocycles. The summed E-state index contributed by atoms with van der Waals surface area (Å²) in [5, 5.41) is 4.60. The van der Waals surface area contributed by atoms with Crippen LogP contribution >= 0.6 is 23.2 Å². The average molecular weight is 404 g/mol. The van der Waals surface area contributed by atoms with E-state index in [2.05, 4.69) is 5.32 Å². The number of benzene rings is 3. The van der Waals surface area contributed by atoms with Crippen LogP contribution in [0.15, 0.2) is 66.7 Å². The molecule has 0 unspecified atom stereocenters. The van der Waals surface area contributed by atoms with E-state index in [-0.39, 0.29) is 5.82 Å². The van der Waals surface area contributed by atoms with E-state index >= 15 is 0 Å². The van der Waals surface area contributed by atoms with Gasteiger partial charge in [0, 0.05) is 22.2 Å². The summed E-state index contributed by atoms with van der Waals surface area (Å²) in [6, 6.07) is 19.9. The zero-order valence-electron chi connectivity index (χ0n) is 14.7. The van der Waals surface area contributed by atoms with E-state index in [0.29, 0.717) is 16.7 Å². The molecule has 0 bridgehead atoms. The Labute approximate surface area is 168 Å². The van der Waals surface area contributed by atoms with Crippen molar-refractivity contribution in [1.29, 1.82) is 0 Å². The molecule has 1 N–H and O–H groups in total. The molecule has 3 aromatic rings. The Balaban J connectivity index is 1.42. The Morgan fingerprint density at radius 1 is 0.852 bits per heavy atom. The van der Waals surface area contributed by atoms with Gasteiger partial charge in [0.1, 0.15) is 18.2 Å². The van der Waals surface area contributed by atoms with Crippen LogP contribution in [0.4, 0.5) is 4.39 Å². The summed E-state index contributed by atoms with van der Waals surface area (Å²) in [6.07, 6.45) is 0.864. The first-order chi connectivity index (χ1) is 13.1. The molecule has 0 atom stereocenters. The molecule has 0 saturated carbocycles. The van der Waals surface area contributed by atoms with Gasteiger partial charge in [-0.1, -0.05) is 53.5 Å². The van der Waals surface area contributed by atoms with Crippen molar-refractivity contribution >= 4 is 23.2 Å². The monoisotopic (exact) mass is 403 g/mol. The molecular formula is C22H20Cl2FNO. The molecule has 2 nitrogen and oxygen atoms in total. The summed E-state index contributed by atoms with van der Waals surface area (Å²) < 4.78 is 18.7. The van der Waals surface area contributed by atoms with Crippen LogP contribution in [0.5, 0.6) is 5.75 Å². The van der Waals surface area contributed by atoms with E-state index < -0.39 is 0 Å². The maximum Gasteiger partial charge on any atom is 0.123 e. The largest absolute Gasteiger partial charge is 0.489 e. The molecule has 0 spiro atoms. The molecule has 140 valence electrons. The summed E-state index contributed by atoms with van der Waals surface area (Å²) in [5.41, 5.74) is 3.19. The highest BCUT2D eigenvalue weighted by Crippen LogP contribution is 2.22. The first-order valence-electron chi connectivity index (χ1n) is 8.71. The number of hydrogen-bond donors (Lipinski definition) is 1. The van der Waals surface area contributed by atoms with Crippen molar-refractivity contribution in [2.24, 2.45) is 0 Å². The van der Waals surface area contributed by atoms with Gasteiger partial charge in [0.05, 0.1) is 0 Å². The lowest BCUT2D eigenvalue weighted by Gasteiger charge is -2.09. The van der Waals surface area contributed by atoms with Gasteiger partial charge in [0.2, 0.25) is 0 Å². The highest BCUT2D eigenvalue weighted by molar-refractivity contribution is 6.35. The SMILES string of the molecule is Fc1ccc(CCNCc2ccc(OCc3ccc(Cl)cc3Cl)cc2)cc1. The third kappa shape index (κ3) is 6.24. The molecule has 27 heavy (non-hydrogen) atoms. The van der Waals surface area contributed by atoms with Crippen molar-refractivity contribution in [1.82, 2.24) is 5.32 Å². The van der Waals surface area contributed by atoms with Crippen LogP contribution in [0.25, 0.3) is 0 Å². The van der Waals surface area contributed by atoms with Gasteiger partial charge in [0.25, 0.3) is 0 Å². The highest BCUT2D eigenvalue weighted by atomic mass is 35.5. The van der Waals surface area contributed by atoms with E-state index in [0.717, 1.165) is 36.4 Å². The van der Waals surface area contributed by atoms with Gasteiger partial charge < -0.3 is 10.1 Å². The predicted molar refractivity (Wildman–Crippen MR) is 109 cm³/mol. The second kappa shape index (κ2) is 9.75. The molecular weight excluding hydrogens is 384 g/mol. The van der Waals surface area contributed by atoms with Crippen molar-refractivity contribution < 1.29 is 9.13 Å². The van der Waals surface area contributed by atoms with Crippen LogP contribution in [-0.2, 0) is 19.6 Å². The predicted octanol–water partition coefficient (Wildman–Crippen LogP) is 6.04. The van der Waals surface area contributed by atoms with E-state index in [1.165, 1.54) is 17.7 Å². The molecule has 3 aromatic carbocycles. The number of nitrogens with one attached hydrogen (secondary N) is 1. The Morgan fingerprint density at radius 3 is 2.26 bits per heavy atom. The molecule has 3 rings (SSSR count). The summed E-state index contributed by atoms with van der Waals surface area (Å²) in [4.78, 5) is 0. The average Bonchev–Trinajstić information content (AvgIpc) is 2.67. The maximum absolute atomic E-state index is 12.9. The first kappa shape index (κ1) is 19.7. The summed E-state index contributed by atoms with van der Waals surface area (Å²) in [7, 11) is 0. The second-order valence-electron chi connectivity index (χ2n) is 6.22. The van der Waals surface area contributed by atoms with Crippen molar-refractivity contribution in [2.45, 2.75) is 19.6 Å². The maximum atomic E-state index is 12.9. The standard InChI is InChI=1S/C22H20Cl2FNO/c23-19-6-5-18(22(24)13-19)15-27-21-9-3-17(4-10-21)14-26-12-11-16-1-7-20(25)8-2-16/h1-10,13,26H,11-12,14-15H2. The van der Waals surface area contributed by atoms with Crippen molar-refractivity contribution in [3.05, 3.63) is 99.3 Å². The topological polar surface area (TPSA) is 21.3 Å². The van der Waals surface area contributed by atoms with Crippen LogP contribution < -0.4 is 10.1 Å². The number of halogens is 3. The fourth-order valence-corrected chi connectivity index (χ4v) is 3.08. The molecule has 0 aliphatic heterocycles. The Hall–Kier alpha value is -2.07. The summed E-state index contributed by atoms with van der Waals surface area (Å²) in [5.74, 6) is 0.587. The van der Waals surface area contributed by atoms with Crippen molar-refractivity contribution in [2.75, 3.05) is 6.54 Å². The highest BCUT2D eigenvalue weighted by Gasteiger charge is 2.03. The molecule has 0 saturated heterocycles. The van der Waals surface area contributed by atoms with Gasteiger partial charge in [-0.05, 0) is 60.5 Å². The lowest BCUT2D eigenvalue weighted by atomic mass is 10.1. The van der Waals surface area contributed by atoms with Crippen LogP contribution in [0.1, 0.15) is 16.7 Å². The number of rotatable bonds is 8. The normalized spacial score (nSPS) is 10.8. The quantitative estimate of drug-likeness (QED) is 0.462. The van der Waals surface area contributed by atoms with Gasteiger partial charge in [-0.25, -0.2) is 4.39 Å². The minimum Gasteiger partial charge on any atom is -0.489 e. The number of ether oxygens (including phenoxy) is 1. The molecule has 0 amide bonds. The lowest BCUT2D eigenvalue weighted by Crippen LogP contribution is -2.16. The molecule has 0 aromatic heterocycles. The second-order valence-corrected chi connectivity index (χ2v) is 7.07. The Kier molecular flexibility index (Phi) is 7.11. The minimum absolute atomic E-state index is 0.202. The number of hydrogen-bond acceptors (Lipinski definition) is 2. The van der Waals surface area contributed by atoms with E-state index in [1.54, 1.807) is 12.1 Å². The van der Waals surface area contributed by atoms with Gasteiger partial charge in [-0.2, -0.15) is 0 Å². The fourth-order valence-electron chi connectivity index (χ4n) is 2.62. The van der Waals surface area contributed by atoms with Crippen LogP contribution in [0.2, 0.25) is 10.0 Å². The lowest BCUT2D eigenvalue weighted by molar-refractivity contribution is 0.306. The zero-order valence-corrected chi connectivity index (χ0v) is 16.2. The van der Waals surface area contributed by atoms with E-state index in [4.69, 9.17) is 27.9 Å². The van der Waals surface area contributed by atoms with E-state index in [9.17, 15) is 4.39 Å². The molecule has 0 aliphatic rings. The third-order valence-corrected chi connectivity index (χ3v) is 4.75. The molecule has 0 fully saturated rings. The molecule has 0 heterocycles. The molecule has 0 radical (unpaired) electrons. The summed E-state index contributed by atoms with van der Waals surface area (Å²) in [6.45, 7) is 1.99. The fraction of sp³-hybridized carbons (Fsp3) is 0.182. The minimum atomic E-state index is -0.202. The molecule has 5 heteroatoms. The van der Waals surface area contributed by atoms with Crippen molar-refractivity contribution in [3.8, 4) is 5.75 Å². The van der Waals surface area contributed by atoms with Gasteiger partial charge >= 0.3 is 0 Å². The van der Waals surface area contributed by atoms with Crippen LogP contribution in [0, 0.1) is 5.82 Å². The van der Waals surface area contributed by atoms with Gasteiger partial charge in [-0.15, -0.1) is 0 Å². The van der Waals surface area contributed by atoms with Gasteiger partial charge in [0.15, 0.2) is 0 Å². The third-order valence-electron chi connectivity index (χ3n) is 4.17. The Bertz CT molecular complexity index is 866. The smallest absolute Gasteiger partial charge is 0.123 e. The van der Waals surface area contributed by atoms with Gasteiger partial charge in [-0.3, -0.25) is 0 Å². The Morgan fingerprint density at radius 2 is 1.56 bits per heavy atom. The van der Waals surface area contributed by atoms with E-state index in [1.807, 2.05) is 42.5 Å². The first-order valence-corrected chi connectivity index (χ1v) is 9.46.